The highest BCUT2D eigenvalue weighted by atomic mass is 16.5. The van der Waals surface area contributed by atoms with Crippen molar-refractivity contribution in [3.8, 4) is 0 Å². The molecule has 0 spiro atoms. The number of aromatic amines is 1. The molecule has 0 aliphatic carbocycles. The summed E-state index contributed by atoms with van der Waals surface area (Å²) < 4.78 is 5.37. The second-order valence-electron chi connectivity index (χ2n) is 7.72. The molecule has 25 heavy (non-hydrogen) atoms. The standard InChI is InChI=1S/C19H24N2O4/c1-11-9-21(10-16(25-11)18(23)24)17(22)15-7-12-5-6-13(19(2,3)4)8-14(12)20-15/h5-8,11,16,20H,9-10H2,1-4H3,(H,23,24)/t11-,16?/m1/s1. The Hall–Kier alpha value is -2.34. The number of fused-ring (bicyclic) bond motifs is 1. The summed E-state index contributed by atoms with van der Waals surface area (Å²) in [4.78, 5) is 28.7. The molecule has 1 aromatic heterocycles. The van der Waals surface area contributed by atoms with E-state index < -0.39 is 12.1 Å². The Labute approximate surface area is 146 Å². The molecule has 2 heterocycles. The van der Waals surface area contributed by atoms with E-state index in [9.17, 15) is 14.7 Å². The molecule has 2 atom stereocenters. The predicted octanol–water partition coefficient (Wildman–Crippen LogP) is 2.78. The molecule has 134 valence electrons. The Kier molecular flexibility index (Phi) is 4.33. The van der Waals surface area contributed by atoms with Crippen LogP contribution in [0.4, 0.5) is 0 Å². The second kappa shape index (κ2) is 6.19. The first-order valence-corrected chi connectivity index (χ1v) is 8.46. The highest BCUT2D eigenvalue weighted by Crippen LogP contribution is 2.27. The van der Waals surface area contributed by atoms with E-state index >= 15 is 0 Å². The van der Waals surface area contributed by atoms with Gasteiger partial charge in [-0.3, -0.25) is 4.79 Å². The number of benzene rings is 1. The zero-order valence-corrected chi connectivity index (χ0v) is 15.0. The third kappa shape index (κ3) is 3.54. The quantitative estimate of drug-likeness (QED) is 0.877. The van der Waals surface area contributed by atoms with Gasteiger partial charge in [-0.2, -0.15) is 0 Å². The fourth-order valence-electron chi connectivity index (χ4n) is 3.13. The number of nitrogens with one attached hydrogen (secondary N) is 1. The highest BCUT2D eigenvalue weighted by Gasteiger charge is 2.33. The molecule has 1 saturated heterocycles. The number of hydrogen-bond donors (Lipinski definition) is 2. The molecule has 2 aromatic rings. The topological polar surface area (TPSA) is 82.6 Å². The van der Waals surface area contributed by atoms with Crippen LogP contribution in [0.25, 0.3) is 10.9 Å². The molecule has 1 aliphatic rings. The summed E-state index contributed by atoms with van der Waals surface area (Å²) >= 11 is 0. The fraction of sp³-hybridized carbons (Fsp3) is 0.474. The lowest BCUT2D eigenvalue weighted by atomic mass is 9.87. The minimum absolute atomic E-state index is 0.0256. The van der Waals surface area contributed by atoms with Gasteiger partial charge in [0.05, 0.1) is 12.6 Å². The first-order chi connectivity index (χ1) is 11.6. The number of H-pyrrole nitrogens is 1. The molecule has 0 saturated carbocycles. The van der Waals surface area contributed by atoms with Gasteiger partial charge in [-0.15, -0.1) is 0 Å². The molecule has 0 bridgehead atoms. The molecule has 6 nitrogen and oxygen atoms in total. The van der Waals surface area contributed by atoms with Crippen LogP contribution in [0.15, 0.2) is 24.3 Å². The van der Waals surface area contributed by atoms with Crippen LogP contribution in [0.3, 0.4) is 0 Å². The summed E-state index contributed by atoms with van der Waals surface area (Å²) in [6.07, 6.45) is -1.29. The van der Waals surface area contributed by atoms with Crippen LogP contribution in [-0.4, -0.2) is 52.2 Å². The SMILES string of the molecule is C[C@@H]1CN(C(=O)c2cc3ccc(C(C)(C)C)cc3[nH]2)CC(C(=O)O)O1. The number of morpholine rings is 1. The molecule has 6 heteroatoms. The average Bonchev–Trinajstić information content (AvgIpc) is 2.95. The Morgan fingerprint density at radius 3 is 2.60 bits per heavy atom. The van der Waals surface area contributed by atoms with Crippen LogP contribution in [0, 0.1) is 0 Å². The van der Waals surface area contributed by atoms with Crippen molar-refractivity contribution in [2.75, 3.05) is 13.1 Å². The molecule has 2 N–H and O–H groups in total. The second-order valence-corrected chi connectivity index (χ2v) is 7.72. The van der Waals surface area contributed by atoms with Crippen LogP contribution in [0.2, 0.25) is 0 Å². The minimum atomic E-state index is -1.05. The summed E-state index contributed by atoms with van der Waals surface area (Å²) in [5.41, 5.74) is 2.59. The van der Waals surface area contributed by atoms with Crippen molar-refractivity contribution in [2.45, 2.75) is 45.3 Å². The number of ether oxygens (including phenoxy) is 1. The maximum Gasteiger partial charge on any atom is 0.334 e. The maximum atomic E-state index is 12.8. The molecule has 1 unspecified atom stereocenters. The molecule has 0 radical (unpaired) electrons. The number of aromatic nitrogens is 1. The van der Waals surface area contributed by atoms with E-state index in [1.807, 2.05) is 12.1 Å². The minimum Gasteiger partial charge on any atom is -0.479 e. The van der Waals surface area contributed by atoms with Crippen molar-refractivity contribution in [1.82, 2.24) is 9.88 Å². The van der Waals surface area contributed by atoms with E-state index in [1.54, 1.807) is 11.8 Å². The van der Waals surface area contributed by atoms with Crippen LogP contribution in [0.1, 0.15) is 43.7 Å². The molecule has 1 amide bonds. The lowest BCUT2D eigenvalue weighted by Gasteiger charge is -2.34. The normalized spacial score (nSPS) is 21.5. The van der Waals surface area contributed by atoms with Crippen LogP contribution < -0.4 is 0 Å². The lowest BCUT2D eigenvalue weighted by molar-refractivity contribution is -0.160. The fourth-order valence-corrected chi connectivity index (χ4v) is 3.13. The lowest BCUT2D eigenvalue weighted by Crippen LogP contribution is -2.51. The van der Waals surface area contributed by atoms with Gasteiger partial charge in [-0.1, -0.05) is 32.9 Å². The van der Waals surface area contributed by atoms with Crippen molar-refractivity contribution in [2.24, 2.45) is 0 Å². The number of amides is 1. The number of carbonyl (C=O) groups is 2. The van der Waals surface area contributed by atoms with Crippen molar-refractivity contribution < 1.29 is 19.4 Å². The first kappa shape index (κ1) is 17.5. The van der Waals surface area contributed by atoms with E-state index in [0.717, 1.165) is 10.9 Å². The third-order valence-electron chi connectivity index (χ3n) is 4.54. The van der Waals surface area contributed by atoms with E-state index in [4.69, 9.17) is 4.74 Å². The number of rotatable bonds is 2. The number of carboxylic acid groups (broad SMARTS) is 1. The number of nitrogens with zero attached hydrogens (tertiary/aromatic N) is 1. The van der Waals surface area contributed by atoms with Crippen LogP contribution >= 0.6 is 0 Å². The first-order valence-electron chi connectivity index (χ1n) is 8.46. The average molecular weight is 344 g/mol. The monoisotopic (exact) mass is 344 g/mol. The Balaban J connectivity index is 1.88. The van der Waals surface area contributed by atoms with Gasteiger partial charge in [0.1, 0.15) is 5.69 Å². The number of carbonyl (C=O) groups excluding carboxylic acids is 1. The molecule has 1 fully saturated rings. The maximum absolute atomic E-state index is 12.8. The van der Waals surface area contributed by atoms with Gasteiger partial charge in [0, 0.05) is 17.4 Å². The van der Waals surface area contributed by atoms with Gasteiger partial charge in [0.2, 0.25) is 0 Å². The summed E-state index contributed by atoms with van der Waals surface area (Å²) in [5, 5.41) is 10.1. The van der Waals surface area contributed by atoms with Gasteiger partial charge in [-0.25, -0.2) is 4.79 Å². The summed E-state index contributed by atoms with van der Waals surface area (Å²) in [7, 11) is 0. The highest BCUT2D eigenvalue weighted by molar-refractivity contribution is 5.98. The van der Waals surface area contributed by atoms with Gasteiger partial charge < -0.3 is 19.7 Å². The van der Waals surface area contributed by atoms with E-state index in [1.165, 1.54) is 5.56 Å². The van der Waals surface area contributed by atoms with Gasteiger partial charge >= 0.3 is 5.97 Å². The van der Waals surface area contributed by atoms with Crippen LogP contribution in [-0.2, 0) is 14.9 Å². The largest absolute Gasteiger partial charge is 0.479 e. The molecule has 1 aliphatic heterocycles. The predicted molar refractivity (Wildman–Crippen MR) is 94.9 cm³/mol. The number of aliphatic carboxylic acids is 1. The van der Waals surface area contributed by atoms with Crippen molar-refractivity contribution in [1.29, 1.82) is 0 Å². The number of hydrogen-bond acceptors (Lipinski definition) is 3. The third-order valence-corrected chi connectivity index (χ3v) is 4.54. The molecular weight excluding hydrogens is 320 g/mol. The molecule has 3 rings (SSSR count). The summed E-state index contributed by atoms with van der Waals surface area (Å²) in [5.74, 6) is -1.24. The van der Waals surface area contributed by atoms with Crippen molar-refractivity contribution in [3.05, 3.63) is 35.5 Å². The molecule has 1 aromatic carbocycles. The Morgan fingerprint density at radius 1 is 1.24 bits per heavy atom. The van der Waals surface area contributed by atoms with Gasteiger partial charge in [0.15, 0.2) is 6.10 Å². The van der Waals surface area contributed by atoms with Gasteiger partial charge in [-0.05, 0) is 30.0 Å². The summed E-state index contributed by atoms with van der Waals surface area (Å²) in [6.45, 7) is 8.64. The summed E-state index contributed by atoms with van der Waals surface area (Å²) in [6, 6.07) is 7.96. The van der Waals surface area contributed by atoms with E-state index in [2.05, 4.69) is 37.9 Å². The van der Waals surface area contributed by atoms with Gasteiger partial charge in [0.25, 0.3) is 5.91 Å². The van der Waals surface area contributed by atoms with E-state index in [-0.39, 0.29) is 24.0 Å². The zero-order valence-electron chi connectivity index (χ0n) is 15.0. The smallest absolute Gasteiger partial charge is 0.334 e. The van der Waals surface area contributed by atoms with Crippen LogP contribution in [0.5, 0.6) is 0 Å². The Morgan fingerprint density at radius 2 is 1.96 bits per heavy atom. The zero-order chi connectivity index (χ0) is 18.4. The number of carboxylic acids is 1. The van der Waals surface area contributed by atoms with Crippen molar-refractivity contribution in [3.63, 3.8) is 0 Å². The van der Waals surface area contributed by atoms with Crippen molar-refractivity contribution >= 4 is 22.8 Å². The molecular formula is C19H24N2O4. The Bertz CT molecular complexity index is 818. The van der Waals surface area contributed by atoms with E-state index in [0.29, 0.717) is 12.2 Å².